The summed E-state index contributed by atoms with van der Waals surface area (Å²) in [6, 6.07) is 17.9. The average Bonchev–Trinajstić information content (AvgIpc) is 3.04. The molecule has 1 atom stereocenters. The van der Waals surface area contributed by atoms with E-state index in [9.17, 15) is 5.11 Å². The molecule has 1 unspecified atom stereocenters. The predicted molar refractivity (Wildman–Crippen MR) is 94.3 cm³/mol. The van der Waals surface area contributed by atoms with Crippen molar-refractivity contribution in [3.05, 3.63) is 78.1 Å². The minimum atomic E-state index is 0.387. The van der Waals surface area contributed by atoms with Gasteiger partial charge in [0.05, 0.1) is 6.21 Å². The minimum Gasteiger partial charge on any atom is -0.507 e. The number of rotatable bonds is 4. The van der Waals surface area contributed by atoms with Crippen molar-refractivity contribution in [2.45, 2.75) is 6.92 Å². The van der Waals surface area contributed by atoms with Crippen molar-refractivity contribution >= 4 is 25.4 Å². The fourth-order valence-corrected chi connectivity index (χ4v) is 3.42. The molecule has 0 aliphatic carbocycles. The topological polar surface area (TPSA) is 37.5 Å². The standard InChI is InChI=1S/C18H17N2OP/c1-14-7-6-10-17(18(14)21)22-16-9-3-2-8-15(16)13-19-20-11-4-5-12-20/h2-13,21-22H,1H3/b19-13+. The third kappa shape index (κ3) is 3.26. The van der Waals surface area contributed by atoms with Crippen LogP contribution in [0.3, 0.4) is 0 Å². The van der Waals surface area contributed by atoms with Crippen molar-refractivity contribution in [3.8, 4) is 5.75 Å². The molecule has 22 heavy (non-hydrogen) atoms. The maximum Gasteiger partial charge on any atom is 0.126 e. The number of hydrogen-bond donors (Lipinski definition) is 1. The van der Waals surface area contributed by atoms with Gasteiger partial charge in [-0.1, -0.05) is 51.0 Å². The molecule has 0 saturated heterocycles. The van der Waals surface area contributed by atoms with E-state index in [4.69, 9.17) is 0 Å². The first kappa shape index (κ1) is 14.6. The highest BCUT2D eigenvalue weighted by Gasteiger charge is 2.07. The van der Waals surface area contributed by atoms with E-state index in [0.29, 0.717) is 14.3 Å². The van der Waals surface area contributed by atoms with E-state index in [1.165, 1.54) is 5.30 Å². The summed E-state index contributed by atoms with van der Waals surface area (Å²) in [6.07, 6.45) is 5.65. The number of aromatic hydroxyl groups is 1. The van der Waals surface area contributed by atoms with E-state index in [1.54, 1.807) is 4.68 Å². The van der Waals surface area contributed by atoms with Crippen molar-refractivity contribution in [2.75, 3.05) is 0 Å². The molecule has 2 aromatic carbocycles. The van der Waals surface area contributed by atoms with Gasteiger partial charge in [-0.25, -0.2) is 4.68 Å². The molecule has 0 aliphatic heterocycles. The number of phenols is 1. The zero-order valence-corrected chi connectivity index (χ0v) is 13.3. The van der Waals surface area contributed by atoms with Crippen LogP contribution >= 0.6 is 8.58 Å². The second kappa shape index (κ2) is 6.59. The average molecular weight is 308 g/mol. The summed E-state index contributed by atoms with van der Waals surface area (Å²) >= 11 is 0. The Morgan fingerprint density at radius 3 is 2.50 bits per heavy atom. The Balaban J connectivity index is 1.90. The van der Waals surface area contributed by atoms with Crippen LogP contribution in [-0.2, 0) is 0 Å². The fraction of sp³-hybridized carbons (Fsp3) is 0.0556. The largest absolute Gasteiger partial charge is 0.507 e. The molecule has 0 spiro atoms. The summed E-state index contributed by atoms with van der Waals surface area (Å²) in [6.45, 7) is 1.92. The van der Waals surface area contributed by atoms with Crippen LogP contribution in [0.5, 0.6) is 5.75 Å². The van der Waals surface area contributed by atoms with Crippen LogP contribution in [0, 0.1) is 6.92 Å². The lowest BCUT2D eigenvalue weighted by Gasteiger charge is -2.09. The van der Waals surface area contributed by atoms with Gasteiger partial charge in [-0.15, -0.1) is 0 Å². The van der Waals surface area contributed by atoms with E-state index in [0.717, 1.165) is 16.4 Å². The number of aromatic nitrogens is 1. The second-order valence-corrected chi connectivity index (χ2v) is 6.32. The SMILES string of the molecule is Cc1cccc(Pc2ccccc2/C=N/n2cccc2)c1O. The highest BCUT2D eigenvalue weighted by Crippen LogP contribution is 2.22. The molecule has 0 saturated carbocycles. The number of nitrogens with zero attached hydrogens (tertiary/aromatic N) is 2. The van der Waals surface area contributed by atoms with Gasteiger partial charge in [-0.3, -0.25) is 0 Å². The van der Waals surface area contributed by atoms with E-state index >= 15 is 0 Å². The van der Waals surface area contributed by atoms with Gasteiger partial charge in [0.25, 0.3) is 0 Å². The molecular weight excluding hydrogens is 291 g/mol. The summed E-state index contributed by atoms with van der Waals surface area (Å²) < 4.78 is 1.77. The molecule has 0 amide bonds. The van der Waals surface area contributed by atoms with Crippen LogP contribution in [0.4, 0.5) is 0 Å². The van der Waals surface area contributed by atoms with Crippen LogP contribution in [0.25, 0.3) is 0 Å². The van der Waals surface area contributed by atoms with Crippen LogP contribution < -0.4 is 10.6 Å². The van der Waals surface area contributed by atoms with Crippen molar-refractivity contribution in [1.82, 2.24) is 4.68 Å². The Labute approximate surface area is 131 Å². The van der Waals surface area contributed by atoms with E-state index in [-0.39, 0.29) is 0 Å². The molecule has 1 aromatic heterocycles. The Morgan fingerprint density at radius 2 is 1.68 bits per heavy atom. The van der Waals surface area contributed by atoms with E-state index in [1.807, 2.05) is 74.1 Å². The van der Waals surface area contributed by atoms with Gasteiger partial charge in [0.2, 0.25) is 0 Å². The summed E-state index contributed by atoms with van der Waals surface area (Å²) in [5, 5.41) is 16.7. The predicted octanol–water partition coefficient (Wildman–Crippen LogP) is 3.01. The number of hydrogen-bond acceptors (Lipinski definition) is 2. The molecule has 3 nitrogen and oxygen atoms in total. The summed E-state index contributed by atoms with van der Waals surface area (Å²) in [5.74, 6) is 0.387. The van der Waals surface area contributed by atoms with Gasteiger partial charge in [0.15, 0.2) is 0 Å². The van der Waals surface area contributed by atoms with Gasteiger partial charge >= 0.3 is 0 Å². The summed E-state index contributed by atoms with van der Waals surface area (Å²) in [5.41, 5.74) is 1.97. The zero-order chi connectivity index (χ0) is 15.4. The Kier molecular flexibility index (Phi) is 4.36. The first-order valence-corrected chi connectivity index (χ1v) is 8.06. The van der Waals surface area contributed by atoms with E-state index < -0.39 is 0 Å². The van der Waals surface area contributed by atoms with Gasteiger partial charge in [-0.05, 0) is 29.9 Å². The Bertz CT molecular complexity index is 795. The number of phenolic OH excluding ortho intramolecular Hbond substituents is 1. The number of benzene rings is 2. The van der Waals surface area contributed by atoms with Gasteiger partial charge < -0.3 is 5.11 Å². The smallest absolute Gasteiger partial charge is 0.126 e. The Morgan fingerprint density at radius 1 is 0.955 bits per heavy atom. The molecule has 110 valence electrons. The summed E-state index contributed by atoms with van der Waals surface area (Å²) in [7, 11) is 0.395. The first-order valence-electron chi connectivity index (χ1n) is 7.06. The van der Waals surface area contributed by atoms with Crippen LogP contribution in [0.2, 0.25) is 0 Å². The van der Waals surface area contributed by atoms with Crippen molar-refractivity contribution in [2.24, 2.45) is 5.10 Å². The second-order valence-electron chi connectivity index (χ2n) is 4.99. The van der Waals surface area contributed by atoms with Gasteiger partial charge in [-0.2, -0.15) is 5.10 Å². The number of para-hydroxylation sites is 1. The first-order chi connectivity index (χ1) is 10.7. The lowest BCUT2D eigenvalue weighted by atomic mass is 10.2. The number of aryl methyl sites for hydroxylation is 1. The third-order valence-corrected chi connectivity index (χ3v) is 4.78. The highest BCUT2D eigenvalue weighted by molar-refractivity contribution is 7.56. The van der Waals surface area contributed by atoms with Gasteiger partial charge in [0, 0.05) is 23.3 Å². The zero-order valence-electron chi connectivity index (χ0n) is 12.3. The third-order valence-electron chi connectivity index (χ3n) is 3.39. The van der Waals surface area contributed by atoms with Crippen molar-refractivity contribution < 1.29 is 5.11 Å². The maximum absolute atomic E-state index is 10.2. The lowest BCUT2D eigenvalue weighted by Crippen LogP contribution is -2.09. The minimum absolute atomic E-state index is 0.387. The molecule has 3 rings (SSSR count). The van der Waals surface area contributed by atoms with Crippen molar-refractivity contribution in [3.63, 3.8) is 0 Å². The molecule has 1 heterocycles. The quantitative estimate of drug-likeness (QED) is 0.584. The lowest BCUT2D eigenvalue weighted by molar-refractivity contribution is 0.475. The normalized spacial score (nSPS) is 11.7. The molecule has 0 aliphatic rings. The maximum atomic E-state index is 10.2. The monoisotopic (exact) mass is 308 g/mol. The molecule has 1 N–H and O–H groups in total. The molecular formula is C18H17N2OP. The Hall–Kier alpha value is -2.38. The van der Waals surface area contributed by atoms with Crippen LogP contribution in [-0.4, -0.2) is 16.0 Å². The highest BCUT2D eigenvalue weighted by atomic mass is 31.1. The van der Waals surface area contributed by atoms with Crippen molar-refractivity contribution in [1.29, 1.82) is 0 Å². The van der Waals surface area contributed by atoms with Crippen LogP contribution in [0.1, 0.15) is 11.1 Å². The molecule has 0 radical (unpaired) electrons. The van der Waals surface area contributed by atoms with E-state index in [2.05, 4.69) is 11.2 Å². The molecule has 3 aromatic rings. The molecule has 0 bridgehead atoms. The van der Waals surface area contributed by atoms with Gasteiger partial charge in [0.1, 0.15) is 5.75 Å². The van der Waals surface area contributed by atoms with Crippen LogP contribution in [0.15, 0.2) is 72.1 Å². The summed E-state index contributed by atoms with van der Waals surface area (Å²) in [4.78, 5) is 0. The molecule has 4 heteroatoms. The fourth-order valence-electron chi connectivity index (χ4n) is 2.16. The molecule has 0 fully saturated rings.